The number of likely N-dealkylation sites (tertiary alicyclic amines) is 1. The van der Waals surface area contributed by atoms with Gasteiger partial charge in [-0.15, -0.1) is 0 Å². The summed E-state index contributed by atoms with van der Waals surface area (Å²) in [6, 6.07) is 13.1. The Hall–Kier alpha value is -2.53. The number of hydrogen-bond acceptors (Lipinski definition) is 4. The average Bonchev–Trinajstić information content (AvgIpc) is 3.35. The molecule has 1 fully saturated rings. The van der Waals surface area contributed by atoms with Gasteiger partial charge in [-0.05, 0) is 44.5 Å². The molecular weight excluding hydrogens is 298 g/mol. The van der Waals surface area contributed by atoms with Gasteiger partial charge in [-0.1, -0.05) is 24.3 Å². The Morgan fingerprint density at radius 1 is 1.04 bits per heavy atom. The summed E-state index contributed by atoms with van der Waals surface area (Å²) in [4.78, 5) is 11.2. The van der Waals surface area contributed by atoms with Gasteiger partial charge in [0, 0.05) is 30.1 Å². The second-order valence-corrected chi connectivity index (χ2v) is 6.25. The normalized spacial score (nSPS) is 16.4. The lowest BCUT2D eigenvalue weighted by Crippen LogP contribution is -2.23. The van der Waals surface area contributed by atoms with E-state index in [0.29, 0.717) is 6.04 Å². The highest BCUT2D eigenvalue weighted by Crippen LogP contribution is 2.26. The molecule has 2 aromatic heterocycles. The fraction of sp³-hybridized carbons (Fsp3) is 0.316. The summed E-state index contributed by atoms with van der Waals surface area (Å²) >= 11 is 0. The van der Waals surface area contributed by atoms with Gasteiger partial charge in [-0.25, -0.2) is 14.6 Å². The van der Waals surface area contributed by atoms with Gasteiger partial charge in [-0.3, -0.25) is 4.90 Å². The summed E-state index contributed by atoms with van der Waals surface area (Å²) in [5, 5.41) is 4.22. The van der Waals surface area contributed by atoms with Crippen LogP contribution in [0.5, 0.6) is 0 Å². The molecule has 4 rings (SSSR count). The van der Waals surface area contributed by atoms with Crippen LogP contribution >= 0.6 is 0 Å². The van der Waals surface area contributed by atoms with Crippen molar-refractivity contribution in [2.24, 2.45) is 0 Å². The summed E-state index contributed by atoms with van der Waals surface area (Å²) in [5.41, 5.74) is 3.38. The molecule has 3 heterocycles. The first kappa shape index (κ1) is 15.0. The van der Waals surface area contributed by atoms with Crippen molar-refractivity contribution >= 4 is 0 Å². The van der Waals surface area contributed by atoms with E-state index in [0.717, 1.165) is 17.1 Å². The van der Waals surface area contributed by atoms with Crippen molar-refractivity contribution in [3.8, 4) is 17.1 Å². The van der Waals surface area contributed by atoms with Gasteiger partial charge in [-0.2, -0.15) is 5.10 Å². The number of rotatable bonds is 4. The van der Waals surface area contributed by atoms with Crippen molar-refractivity contribution in [2.45, 2.75) is 25.8 Å². The molecule has 1 saturated heterocycles. The third kappa shape index (κ3) is 2.95. The molecule has 122 valence electrons. The Kier molecular flexibility index (Phi) is 4.09. The van der Waals surface area contributed by atoms with Crippen molar-refractivity contribution in [1.29, 1.82) is 0 Å². The molecule has 1 aliphatic heterocycles. The van der Waals surface area contributed by atoms with Crippen LogP contribution in [0.25, 0.3) is 17.1 Å². The molecule has 0 saturated carbocycles. The van der Waals surface area contributed by atoms with Crippen molar-refractivity contribution < 1.29 is 0 Å². The van der Waals surface area contributed by atoms with Crippen LogP contribution in [0.4, 0.5) is 0 Å². The van der Waals surface area contributed by atoms with Gasteiger partial charge < -0.3 is 0 Å². The minimum absolute atomic E-state index is 0.478. The van der Waals surface area contributed by atoms with Crippen LogP contribution in [0, 0.1) is 0 Å². The van der Waals surface area contributed by atoms with Crippen molar-refractivity contribution in [3.63, 3.8) is 0 Å². The molecule has 0 bridgehead atoms. The number of hydrogen-bond donors (Lipinski definition) is 0. The molecule has 1 aliphatic rings. The molecule has 1 unspecified atom stereocenters. The Morgan fingerprint density at radius 2 is 1.83 bits per heavy atom. The van der Waals surface area contributed by atoms with E-state index in [1.54, 1.807) is 17.2 Å². The lowest BCUT2D eigenvalue weighted by Gasteiger charge is -2.24. The fourth-order valence-electron chi connectivity index (χ4n) is 3.31. The van der Waals surface area contributed by atoms with Crippen molar-refractivity contribution in [3.05, 3.63) is 60.7 Å². The van der Waals surface area contributed by atoms with Crippen LogP contribution < -0.4 is 0 Å². The topological polar surface area (TPSA) is 46.8 Å². The molecule has 0 spiro atoms. The zero-order valence-electron chi connectivity index (χ0n) is 13.8. The smallest absolute Gasteiger partial charge is 0.157 e. The molecule has 0 radical (unpaired) electrons. The van der Waals surface area contributed by atoms with Crippen molar-refractivity contribution in [2.75, 3.05) is 13.1 Å². The monoisotopic (exact) mass is 319 g/mol. The first-order valence-corrected chi connectivity index (χ1v) is 8.48. The Labute approximate surface area is 142 Å². The van der Waals surface area contributed by atoms with E-state index in [1.165, 1.54) is 31.5 Å². The minimum atomic E-state index is 0.478. The van der Waals surface area contributed by atoms with Gasteiger partial charge in [0.1, 0.15) is 6.33 Å². The second-order valence-electron chi connectivity index (χ2n) is 6.25. The van der Waals surface area contributed by atoms with E-state index in [1.807, 2.05) is 18.3 Å². The predicted octanol–water partition coefficient (Wildman–Crippen LogP) is 3.49. The minimum Gasteiger partial charge on any atom is -0.297 e. The molecular formula is C19H21N5. The Morgan fingerprint density at radius 3 is 2.54 bits per heavy atom. The lowest BCUT2D eigenvalue weighted by molar-refractivity contribution is 0.263. The van der Waals surface area contributed by atoms with Gasteiger partial charge in [0.05, 0.1) is 5.69 Å². The summed E-state index contributed by atoms with van der Waals surface area (Å²) in [7, 11) is 0. The number of nitrogens with zero attached hydrogens (tertiary/aromatic N) is 5. The molecule has 1 atom stereocenters. The molecule has 1 aromatic carbocycles. The molecule has 3 aromatic rings. The van der Waals surface area contributed by atoms with Crippen LogP contribution in [-0.4, -0.2) is 37.7 Å². The van der Waals surface area contributed by atoms with E-state index >= 15 is 0 Å². The Bertz CT molecular complexity index is 789. The third-order valence-electron chi connectivity index (χ3n) is 4.77. The van der Waals surface area contributed by atoms with Gasteiger partial charge >= 0.3 is 0 Å². The SMILES string of the molecule is CC(c1ccc(-c2cc(-n3cccn3)ncn2)cc1)N1CCCC1. The number of aromatic nitrogens is 4. The van der Waals surface area contributed by atoms with Crippen LogP contribution in [0.3, 0.4) is 0 Å². The standard InChI is InChI=1S/C19H21N5/c1-15(23-10-2-3-11-23)16-5-7-17(8-6-16)18-13-19(21-14-20-18)24-12-4-9-22-24/h4-9,12-15H,2-3,10-11H2,1H3. The van der Waals surface area contributed by atoms with E-state index < -0.39 is 0 Å². The van der Waals surface area contributed by atoms with Crippen LogP contribution in [0.2, 0.25) is 0 Å². The second kappa shape index (κ2) is 6.53. The maximum atomic E-state index is 4.41. The maximum absolute atomic E-state index is 4.41. The van der Waals surface area contributed by atoms with Gasteiger partial charge in [0.15, 0.2) is 5.82 Å². The van der Waals surface area contributed by atoms with E-state index in [4.69, 9.17) is 0 Å². The molecule has 0 N–H and O–H groups in total. The van der Waals surface area contributed by atoms with Crippen LogP contribution in [0.1, 0.15) is 31.4 Å². The predicted molar refractivity (Wildman–Crippen MR) is 93.8 cm³/mol. The summed E-state index contributed by atoms with van der Waals surface area (Å²) in [6.07, 6.45) is 7.86. The summed E-state index contributed by atoms with van der Waals surface area (Å²) in [5.74, 6) is 0.777. The highest BCUT2D eigenvalue weighted by Gasteiger charge is 2.19. The van der Waals surface area contributed by atoms with Crippen LogP contribution in [0.15, 0.2) is 55.1 Å². The lowest BCUT2D eigenvalue weighted by atomic mass is 10.0. The van der Waals surface area contributed by atoms with Crippen molar-refractivity contribution in [1.82, 2.24) is 24.6 Å². The molecule has 24 heavy (non-hydrogen) atoms. The first-order chi connectivity index (χ1) is 11.8. The van der Waals surface area contributed by atoms with Gasteiger partial charge in [0.25, 0.3) is 0 Å². The largest absolute Gasteiger partial charge is 0.297 e. The third-order valence-corrected chi connectivity index (χ3v) is 4.77. The summed E-state index contributed by atoms with van der Waals surface area (Å²) < 4.78 is 1.75. The number of benzene rings is 1. The highest BCUT2D eigenvalue weighted by atomic mass is 15.3. The molecule has 0 aliphatic carbocycles. The first-order valence-electron chi connectivity index (χ1n) is 8.48. The molecule has 0 amide bonds. The molecule has 5 nitrogen and oxygen atoms in total. The van der Waals surface area contributed by atoms with Gasteiger partial charge in [0.2, 0.25) is 0 Å². The maximum Gasteiger partial charge on any atom is 0.157 e. The zero-order chi connectivity index (χ0) is 16.4. The van der Waals surface area contributed by atoms with E-state index in [-0.39, 0.29) is 0 Å². The highest BCUT2D eigenvalue weighted by molar-refractivity contribution is 5.60. The van der Waals surface area contributed by atoms with E-state index in [9.17, 15) is 0 Å². The quantitative estimate of drug-likeness (QED) is 0.738. The van der Waals surface area contributed by atoms with Crippen LogP contribution in [-0.2, 0) is 0 Å². The summed E-state index contributed by atoms with van der Waals surface area (Å²) in [6.45, 7) is 4.71. The zero-order valence-corrected chi connectivity index (χ0v) is 13.8. The molecule has 5 heteroatoms. The average molecular weight is 319 g/mol. The van der Waals surface area contributed by atoms with E-state index in [2.05, 4.69) is 51.2 Å². The Balaban J connectivity index is 1.57. The fourth-order valence-corrected chi connectivity index (χ4v) is 3.31.